The van der Waals surface area contributed by atoms with Gasteiger partial charge in [-0.3, -0.25) is 9.59 Å². The molecule has 1 atom stereocenters. The van der Waals surface area contributed by atoms with Gasteiger partial charge in [-0.05, 0) is 62.1 Å². The Morgan fingerprint density at radius 1 is 1.23 bits per heavy atom. The van der Waals surface area contributed by atoms with Crippen LogP contribution in [0.1, 0.15) is 39.1 Å². The van der Waals surface area contributed by atoms with E-state index in [1.54, 1.807) is 35.2 Å². The van der Waals surface area contributed by atoms with Crippen molar-refractivity contribution >= 4 is 17.5 Å². The standard InChI is InChI=1S/C21H23N2O3/c1-15-7-9-17(10-8-15)20(25)22-19-6-2-5-18(12-19)21(26)23-11-3-4-16(13-23)14-24/h5-10,12,16,24H,3-4,11,13-14H2,1H3,(H,22,25). The van der Waals surface area contributed by atoms with Gasteiger partial charge in [0.2, 0.25) is 0 Å². The van der Waals surface area contributed by atoms with E-state index in [0.29, 0.717) is 29.9 Å². The number of aryl methyl sites for hydroxylation is 1. The summed E-state index contributed by atoms with van der Waals surface area (Å²) < 4.78 is 0. The molecule has 1 fully saturated rings. The Bertz CT molecular complexity index is 786. The molecule has 0 spiro atoms. The van der Waals surface area contributed by atoms with Crippen molar-refractivity contribution in [1.82, 2.24) is 4.90 Å². The van der Waals surface area contributed by atoms with Crippen LogP contribution in [-0.4, -0.2) is 41.5 Å². The van der Waals surface area contributed by atoms with Crippen LogP contribution in [0.4, 0.5) is 5.69 Å². The molecule has 2 amide bonds. The van der Waals surface area contributed by atoms with Gasteiger partial charge in [0.15, 0.2) is 0 Å². The lowest BCUT2D eigenvalue weighted by Gasteiger charge is -2.32. The second-order valence-electron chi connectivity index (χ2n) is 6.77. The topological polar surface area (TPSA) is 69.6 Å². The molecule has 0 bridgehead atoms. The summed E-state index contributed by atoms with van der Waals surface area (Å²) in [5, 5.41) is 12.2. The number of likely N-dealkylation sites (tertiary alicyclic amines) is 1. The summed E-state index contributed by atoms with van der Waals surface area (Å²) in [6, 6.07) is 15.2. The Balaban J connectivity index is 1.70. The third kappa shape index (κ3) is 4.29. The molecular formula is C21H23N2O3. The summed E-state index contributed by atoms with van der Waals surface area (Å²) in [7, 11) is 0. The van der Waals surface area contributed by atoms with Gasteiger partial charge in [-0.15, -0.1) is 0 Å². The normalized spacial score (nSPS) is 17.0. The largest absolute Gasteiger partial charge is 0.396 e. The molecule has 1 aliphatic heterocycles. The number of hydrogen-bond acceptors (Lipinski definition) is 3. The summed E-state index contributed by atoms with van der Waals surface area (Å²) >= 11 is 0. The Kier molecular flexibility index (Phi) is 5.68. The molecule has 0 aromatic heterocycles. The van der Waals surface area contributed by atoms with Crippen molar-refractivity contribution in [3.8, 4) is 0 Å². The maximum atomic E-state index is 12.7. The zero-order valence-electron chi connectivity index (χ0n) is 14.9. The molecule has 2 N–H and O–H groups in total. The Morgan fingerprint density at radius 2 is 2.00 bits per heavy atom. The van der Waals surface area contributed by atoms with E-state index in [2.05, 4.69) is 11.4 Å². The number of aliphatic hydroxyl groups is 1. The van der Waals surface area contributed by atoms with E-state index in [0.717, 1.165) is 18.4 Å². The predicted octanol–water partition coefficient (Wildman–Crippen LogP) is 2.89. The third-order valence-electron chi connectivity index (χ3n) is 4.67. The highest BCUT2D eigenvalue weighted by molar-refractivity contribution is 6.05. The summed E-state index contributed by atoms with van der Waals surface area (Å²) in [6.07, 6.45) is 1.84. The van der Waals surface area contributed by atoms with E-state index < -0.39 is 0 Å². The van der Waals surface area contributed by atoms with Crippen molar-refractivity contribution in [2.24, 2.45) is 5.92 Å². The highest BCUT2D eigenvalue weighted by Gasteiger charge is 2.24. The van der Waals surface area contributed by atoms with Crippen molar-refractivity contribution in [1.29, 1.82) is 0 Å². The number of benzene rings is 2. The minimum Gasteiger partial charge on any atom is -0.396 e. The number of aliphatic hydroxyl groups excluding tert-OH is 1. The fourth-order valence-electron chi connectivity index (χ4n) is 3.16. The van der Waals surface area contributed by atoms with E-state index in [-0.39, 0.29) is 24.3 Å². The first-order valence-electron chi connectivity index (χ1n) is 8.86. The van der Waals surface area contributed by atoms with Gasteiger partial charge in [-0.2, -0.15) is 0 Å². The molecule has 2 aromatic rings. The monoisotopic (exact) mass is 351 g/mol. The first-order valence-corrected chi connectivity index (χ1v) is 8.86. The molecule has 1 saturated heterocycles. The van der Waals surface area contributed by atoms with Crippen LogP contribution in [0.5, 0.6) is 0 Å². The third-order valence-corrected chi connectivity index (χ3v) is 4.67. The number of piperidine rings is 1. The van der Waals surface area contributed by atoms with Crippen molar-refractivity contribution in [2.75, 3.05) is 25.0 Å². The van der Waals surface area contributed by atoms with Crippen LogP contribution in [0.15, 0.2) is 42.5 Å². The van der Waals surface area contributed by atoms with Gasteiger partial charge < -0.3 is 15.3 Å². The number of amides is 2. The zero-order valence-corrected chi connectivity index (χ0v) is 14.9. The Labute approximate surface area is 153 Å². The van der Waals surface area contributed by atoms with Crippen LogP contribution < -0.4 is 5.32 Å². The van der Waals surface area contributed by atoms with Gasteiger partial charge >= 0.3 is 0 Å². The highest BCUT2D eigenvalue weighted by atomic mass is 16.3. The summed E-state index contributed by atoms with van der Waals surface area (Å²) in [5.41, 5.74) is 2.68. The van der Waals surface area contributed by atoms with Gasteiger partial charge in [0, 0.05) is 36.5 Å². The first kappa shape index (κ1) is 18.1. The van der Waals surface area contributed by atoms with Crippen LogP contribution in [0.25, 0.3) is 0 Å². The van der Waals surface area contributed by atoms with Gasteiger partial charge in [0.05, 0.1) is 0 Å². The molecule has 1 unspecified atom stereocenters. The molecule has 0 aliphatic carbocycles. The Hall–Kier alpha value is -2.66. The summed E-state index contributed by atoms with van der Waals surface area (Å²) in [5.74, 6) is -0.173. The Morgan fingerprint density at radius 3 is 2.73 bits per heavy atom. The number of rotatable bonds is 4. The number of anilines is 1. The molecule has 1 heterocycles. The number of hydrogen-bond donors (Lipinski definition) is 2. The molecule has 135 valence electrons. The molecule has 1 aliphatic rings. The molecule has 2 aromatic carbocycles. The maximum Gasteiger partial charge on any atom is 0.255 e. The molecule has 1 radical (unpaired) electrons. The van der Waals surface area contributed by atoms with Gasteiger partial charge in [-0.25, -0.2) is 0 Å². The molecule has 26 heavy (non-hydrogen) atoms. The molecule has 3 rings (SSSR count). The van der Waals surface area contributed by atoms with Crippen LogP contribution in [0, 0.1) is 18.9 Å². The zero-order chi connectivity index (χ0) is 18.5. The minimum atomic E-state index is -0.221. The van der Waals surface area contributed by atoms with Gasteiger partial charge in [-0.1, -0.05) is 17.7 Å². The lowest BCUT2D eigenvalue weighted by Crippen LogP contribution is -2.40. The van der Waals surface area contributed by atoms with Crippen molar-refractivity contribution < 1.29 is 14.7 Å². The fraction of sp³-hybridized carbons (Fsp3) is 0.333. The number of carbonyl (C=O) groups is 2. The average molecular weight is 351 g/mol. The van der Waals surface area contributed by atoms with Crippen molar-refractivity contribution in [3.05, 3.63) is 65.2 Å². The van der Waals surface area contributed by atoms with Crippen LogP contribution >= 0.6 is 0 Å². The van der Waals surface area contributed by atoms with Crippen LogP contribution in [0.3, 0.4) is 0 Å². The average Bonchev–Trinajstić information content (AvgIpc) is 2.68. The summed E-state index contributed by atoms with van der Waals surface area (Å²) in [6.45, 7) is 3.32. The quantitative estimate of drug-likeness (QED) is 0.890. The van der Waals surface area contributed by atoms with Crippen LogP contribution in [0.2, 0.25) is 0 Å². The second-order valence-corrected chi connectivity index (χ2v) is 6.77. The second kappa shape index (κ2) is 8.15. The van der Waals surface area contributed by atoms with E-state index >= 15 is 0 Å². The molecule has 0 saturated carbocycles. The molecule has 5 heteroatoms. The number of carbonyl (C=O) groups excluding carboxylic acids is 2. The van der Waals surface area contributed by atoms with Gasteiger partial charge in [0.1, 0.15) is 0 Å². The van der Waals surface area contributed by atoms with E-state index in [1.807, 2.05) is 19.1 Å². The van der Waals surface area contributed by atoms with Gasteiger partial charge in [0.25, 0.3) is 11.8 Å². The fourth-order valence-corrected chi connectivity index (χ4v) is 3.16. The SMILES string of the molecule is Cc1ccc(C(=O)Nc2c[c]cc(C(=O)N3CCCC(CO)C3)c2)cc1. The lowest BCUT2D eigenvalue weighted by molar-refractivity contribution is 0.0620. The maximum absolute atomic E-state index is 12.7. The van der Waals surface area contributed by atoms with Crippen LogP contribution in [-0.2, 0) is 0 Å². The lowest BCUT2D eigenvalue weighted by atomic mass is 9.98. The smallest absolute Gasteiger partial charge is 0.255 e. The predicted molar refractivity (Wildman–Crippen MR) is 100 cm³/mol. The van der Waals surface area contributed by atoms with Crippen molar-refractivity contribution in [2.45, 2.75) is 19.8 Å². The minimum absolute atomic E-state index is 0.0918. The molecule has 5 nitrogen and oxygen atoms in total. The van der Waals surface area contributed by atoms with Crippen molar-refractivity contribution in [3.63, 3.8) is 0 Å². The van der Waals surface area contributed by atoms with E-state index in [4.69, 9.17) is 0 Å². The summed E-state index contributed by atoms with van der Waals surface area (Å²) in [4.78, 5) is 26.8. The highest BCUT2D eigenvalue weighted by Crippen LogP contribution is 2.20. The number of nitrogens with zero attached hydrogens (tertiary/aromatic N) is 1. The van der Waals surface area contributed by atoms with E-state index in [1.165, 1.54) is 0 Å². The first-order chi connectivity index (χ1) is 12.6. The van der Waals surface area contributed by atoms with E-state index in [9.17, 15) is 14.7 Å². The number of nitrogens with one attached hydrogen (secondary N) is 1. The molecular weight excluding hydrogens is 328 g/mol.